The number of carbonyl (C=O) groups is 2. The third-order valence-corrected chi connectivity index (χ3v) is 7.93. The molecule has 0 amide bonds. The summed E-state index contributed by atoms with van der Waals surface area (Å²) in [6.45, 7) is 1.89. The van der Waals surface area contributed by atoms with E-state index in [1.54, 1.807) is 30.5 Å². The van der Waals surface area contributed by atoms with Crippen molar-refractivity contribution in [2.75, 3.05) is 12.4 Å². The lowest BCUT2D eigenvalue weighted by atomic mass is 9.56. The first-order chi connectivity index (χ1) is 16.4. The number of hydrogen-bond acceptors (Lipinski definition) is 6. The Morgan fingerprint density at radius 2 is 2.06 bits per heavy atom. The lowest BCUT2D eigenvalue weighted by Crippen LogP contribution is -2.47. The van der Waals surface area contributed by atoms with Crippen LogP contribution >= 0.6 is 22.9 Å². The van der Waals surface area contributed by atoms with Crippen LogP contribution in [0.4, 0.5) is 24.0 Å². The molecule has 1 fully saturated rings. The molecule has 10 heteroatoms. The Labute approximate surface area is 210 Å². The van der Waals surface area contributed by atoms with E-state index in [9.17, 15) is 22.8 Å². The molecule has 5 nitrogen and oxygen atoms in total. The molecule has 35 heavy (non-hydrogen) atoms. The minimum Gasteiger partial charge on any atom is -0.469 e. The SMILES string of the molecule is COC(=O)CC1(CC(F)(F)F)CCC2(C)CC(c3cnc(Nc4cccc(Cl)c4)s3)=CC=C2C1=O. The van der Waals surface area contributed by atoms with Gasteiger partial charge in [-0.25, -0.2) is 4.98 Å². The van der Waals surface area contributed by atoms with Gasteiger partial charge in [-0.2, -0.15) is 13.2 Å². The van der Waals surface area contributed by atoms with Crippen LogP contribution in [0.2, 0.25) is 5.02 Å². The number of nitrogens with one attached hydrogen (secondary N) is 1. The van der Waals surface area contributed by atoms with E-state index >= 15 is 0 Å². The van der Waals surface area contributed by atoms with Crippen molar-refractivity contribution >= 4 is 51.1 Å². The number of alkyl halides is 3. The summed E-state index contributed by atoms with van der Waals surface area (Å²) in [6.07, 6.45) is -0.578. The van der Waals surface area contributed by atoms with Crippen molar-refractivity contribution < 1.29 is 27.5 Å². The second kappa shape index (κ2) is 9.43. The molecular formula is C25H24ClF3N2O3S. The lowest BCUT2D eigenvalue weighted by molar-refractivity contribution is -0.175. The van der Waals surface area contributed by atoms with Crippen molar-refractivity contribution in [3.05, 3.63) is 58.1 Å². The van der Waals surface area contributed by atoms with Crippen LogP contribution in [0.15, 0.2) is 48.2 Å². The molecule has 2 aliphatic carbocycles. The maximum absolute atomic E-state index is 13.5. The van der Waals surface area contributed by atoms with E-state index in [4.69, 9.17) is 11.6 Å². The summed E-state index contributed by atoms with van der Waals surface area (Å²) in [5.41, 5.74) is -0.369. The second-order valence-corrected chi connectivity index (χ2v) is 10.8. The predicted molar refractivity (Wildman–Crippen MR) is 130 cm³/mol. The van der Waals surface area contributed by atoms with E-state index in [-0.39, 0.29) is 6.42 Å². The average molecular weight is 525 g/mol. The van der Waals surface area contributed by atoms with Crippen LogP contribution in [0, 0.1) is 10.8 Å². The third kappa shape index (κ3) is 5.46. The quantitative estimate of drug-likeness (QED) is 0.407. The number of carbonyl (C=O) groups excluding carboxylic acids is 2. The molecule has 2 aliphatic rings. The maximum atomic E-state index is 13.5. The fraction of sp³-hybridized carbons (Fsp3) is 0.400. The summed E-state index contributed by atoms with van der Waals surface area (Å²) in [4.78, 5) is 30.7. The topological polar surface area (TPSA) is 68.3 Å². The maximum Gasteiger partial charge on any atom is 0.390 e. The van der Waals surface area contributed by atoms with Crippen molar-refractivity contribution in [3.63, 3.8) is 0 Å². The Bertz CT molecular complexity index is 1220. The molecule has 1 saturated carbocycles. The summed E-state index contributed by atoms with van der Waals surface area (Å²) in [5, 5.41) is 4.48. The number of allylic oxidation sites excluding steroid dienone is 4. The van der Waals surface area contributed by atoms with Gasteiger partial charge in [-0.3, -0.25) is 9.59 Å². The second-order valence-electron chi connectivity index (χ2n) is 9.33. The number of ketones is 1. The number of Topliss-reactive ketones (excluding diaryl/α,β-unsaturated/α-hetero) is 1. The summed E-state index contributed by atoms with van der Waals surface area (Å²) >= 11 is 7.47. The summed E-state index contributed by atoms with van der Waals surface area (Å²) in [7, 11) is 1.11. The number of benzene rings is 1. The molecule has 0 saturated heterocycles. The minimum atomic E-state index is -4.58. The zero-order chi connectivity index (χ0) is 25.4. The normalized spacial score (nSPS) is 24.3. The standard InChI is InChI=1S/C25H24ClF3N2O3S/c1-23-8-9-24(12-20(32)34-2,14-25(27,28)29)21(33)18(23)7-6-15(11-23)19-13-30-22(35-19)31-17-5-3-4-16(26)10-17/h3-7,10,13H,8-9,11-12,14H2,1-2H3,(H,30,31). The largest absolute Gasteiger partial charge is 0.469 e. The third-order valence-electron chi connectivity index (χ3n) is 6.71. The number of fused-ring (bicyclic) bond motifs is 1. The number of nitrogens with zero attached hydrogens (tertiary/aromatic N) is 1. The molecule has 2 aromatic rings. The van der Waals surface area contributed by atoms with Gasteiger partial charge in [0.05, 0.1) is 30.2 Å². The van der Waals surface area contributed by atoms with Gasteiger partial charge in [0, 0.05) is 27.9 Å². The zero-order valence-electron chi connectivity index (χ0n) is 19.2. The number of halogens is 4. The molecule has 1 heterocycles. The monoisotopic (exact) mass is 524 g/mol. The fourth-order valence-electron chi connectivity index (χ4n) is 4.92. The first-order valence-electron chi connectivity index (χ1n) is 11.0. The number of rotatable bonds is 6. The molecule has 0 aliphatic heterocycles. The van der Waals surface area contributed by atoms with Crippen LogP contribution in [0.25, 0.3) is 5.57 Å². The average Bonchev–Trinajstić information content (AvgIpc) is 3.24. The van der Waals surface area contributed by atoms with Crippen LogP contribution in [0.5, 0.6) is 0 Å². The van der Waals surface area contributed by atoms with Gasteiger partial charge in [-0.05, 0) is 43.0 Å². The Kier molecular flexibility index (Phi) is 6.85. The van der Waals surface area contributed by atoms with E-state index in [1.165, 1.54) is 11.3 Å². The highest BCUT2D eigenvalue weighted by molar-refractivity contribution is 7.16. The summed E-state index contributed by atoms with van der Waals surface area (Å²) < 4.78 is 44.9. The van der Waals surface area contributed by atoms with Gasteiger partial charge in [0.1, 0.15) is 0 Å². The van der Waals surface area contributed by atoms with Crippen molar-refractivity contribution in [1.82, 2.24) is 4.98 Å². The molecule has 186 valence electrons. The number of methoxy groups -OCH3 is 1. The number of hydrogen-bond donors (Lipinski definition) is 1. The molecule has 4 rings (SSSR count). The van der Waals surface area contributed by atoms with Gasteiger partial charge in [0.2, 0.25) is 0 Å². The first-order valence-corrected chi connectivity index (χ1v) is 12.2. The highest BCUT2D eigenvalue weighted by Gasteiger charge is 2.56. The van der Waals surface area contributed by atoms with Crippen LogP contribution < -0.4 is 5.32 Å². The van der Waals surface area contributed by atoms with Crippen molar-refractivity contribution in [2.45, 2.75) is 45.2 Å². The van der Waals surface area contributed by atoms with Crippen molar-refractivity contribution in [1.29, 1.82) is 0 Å². The fourth-order valence-corrected chi connectivity index (χ4v) is 5.97. The molecule has 0 bridgehead atoms. The molecule has 2 unspecified atom stereocenters. The van der Waals surface area contributed by atoms with Gasteiger partial charge in [-0.1, -0.05) is 48.1 Å². The van der Waals surface area contributed by atoms with E-state index in [0.717, 1.165) is 23.2 Å². The molecular weight excluding hydrogens is 501 g/mol. The molecule has 1 aromatic carbocycles. The lowest BCUT2D eigenvalue weighted by Gasteiger charge is -2.46. The highest BCUT2D eigenvalue weighted by Crippen LogP contribution is 2.56. The van der Waals surface area contributed by atoms with Crippen molar-refractivity contribution in [3.8, 4) is 0 Å². The van der Waals surface area contributed by atoms with Gasteiger partial charge in [0.25, 0.3) is 0 Å². The smallest absolute Gasteiger partial charge is 0.390 e. The Hall–Kier alpha value is -2.65. The predicted octanol–water partition coefficient (Wildman–Crippen LogP) is 7.12. The highest BCUT2D eigenvalue weighted by atomic mass is 35.5. The molecule has 1 N–H and O–H groups in total. The minimum absolute atomic E-state index is 0.0359. The number of thiazole rings is 1. The van der Waals surface area contributed by atoms with Crippen LogP contribution in [0.1, 0.15) is 43.9 Å². The number of aromatic nitrogens is 1. The van der Waals surface area contributed by atoms with Crippen LogP contribution in [-0.2, 0) is 14.3 Å². The van der Waals surface area contributed by atoms with Gasteiger partial charge in [-0.15, -0.1) is 0 Å². The van der Waals surface area contributed by atoms with E-state index in [1.807, 2.05) is 19.1 Å². The summed E-state index contributed by atoms with van der Waals surface area (Å²) in [6, 6.07) is 7.26. The Balaban J connectivity index is 1.61. The molecule has 0 spiro atoms. The number of esters is 1. The Morgan fingerprint density at radius 3 is 2.74 bits per heavy atom. The van der Waals surface area contributed by atoms with Crippen molar-refractivity contribution in [2.24, 2.45) is 10.8 Å². The molecule has 0 radical (unpaired) electrons. The zero-order valence-corrected chi connectivity index (χ0v) is 20.7. The number of ether oxygens (including phenoxy) is 1. The van der Waals surface area contributed by atoms with E-state index in [2.05, 4.69) is 15.0 Å². The number of anilines is 2. The van der Waals surface area contributed by atoms with E-state index < -0.39 is 41.6 Å². The van der Waals surface area contributed by atoms with E-state index in [0.29, 0.717) is 28.6 Å². The molecule has 2 atom stereocenters. The first kappa shape index (κ1) is 25.4. The van der Waals surface area contributed by atoms with Crippen LogP contribution in [0.3, 0.4) is 0 Å². The van der Waals surface area contributed by atoms with Crippen LogP contribution in [-0.4, -0.2) is 30.0 Å². The van der Waals surface area contributed by atoms with Gasteiger partial charge < -0.3 is 10.1 Å². The summed E-state index contributed by atoms with van der Waals surface area (Å²) in [5.74, 6) is -1.43. The Morgan fingerprint density at radius 1 is 1.29 bits per heavy atom. The van der Waals surface area contributed by atoms with Gasteiger partial charge >= 0.3 is 12.1 Å². The van der Waals surface area contributed by atoms with Gasteiger partial charge in [0.15, 0.2) is 10.9 Å². The molecule has 1 aromatic heterocycles.